The summed E-state index contributed by atoms with van der Waals surface area (Å²) >= 11 is 6.03. The van der Waals surface area contributed by atoms with Gasteiger partial charge in [-0.1, -0.05) is 41.9 Å². The average Bonchev–Trinajstić information content (AvgIpc) is 2.63. The number of nitrogens with zero attached hydrogens (tertiary/aromatic N) is 1. The molecule has 3 rings (SSSR count). The lowest BCUT2D eigenvalue weighted by molar-refractivity contribution is -0.160. The van der Waals surface area contributed by atoms with E-state index < -0.39 is 17.5 Å². The maximum atomic E-state index is 13.1. The Balaban J connectivity index is 2.16. The van der Waals surface area contributed by atoms with Crippen LogP contribution in [0.25, 0.3) is 0 Å². The van der Waals surface area contributed by atoms with Gasteiger partial charge in [0.2, 0.25) is 5.54 Å². The number of hydrogen-bond acceptors (Lipinski definition) is 5. The Morgan fingerprint density at radius 2 is 1.92 bits per heavy atom. The lowest BCUT2D eigenvalue weighted by Crippen LogP contribution is -2.66. The van der Waals surface area contributed by atoms with Crippen LogP contribution in [0.2, 0.25) is 5.02 Å². The van der Waals surface area contributed by atoms with Crippen molar-refractivity contribution < 1.29 is 19.1 Å². The summed E-state index contributed by atoms with van der Waals surface area (Å²) in [6, 6.07) is 14.4. The summed E-state index contributed by atoms with van der Waals surface area (Å²) in [6.45, 7) is 4.20. The number of benzene rings is 2. The van der Waals surface area contributed by atoms with E-state index in [1.54, 1.807) is 30.0 Å². The predicted octanol–water partition coefficient (Wildman–Crippen LogP) is 3.63. The lowest BCUT2D eigenvalue weighted by Gasteiger charge is -2.44. The first kappa shape index (κ1) is 18.3. The van der Waals surface area contributed by atoms with Crippen LogP contribution < -0.4 is 9.64 Å². The quantitative estimate of drug-likeness (QED) is 0.455. The van der Waals surface area contributed by atoms with Gasteiger partial charge in [0.05, 0.1) is 12.3 Å². The zero-order valence-electron chi connectivity index (χ0n) is 14.7. The molecule has 0 radical (unpaired) electrons. The third-order valence-corrected chi connectivity index (χ3v) is 4.68. The predicted molar refractivity (Wildman–Crippen MR) is 99.6 cm³/mol. The zero-order valence-corrected chi connectivity index (χ0v) is 15.5. The molecule has 1 atom stereocenters. The van der Waals surface area contributed by atoms with Gasteiger partial charge in [-0.25, -0.2) is 9.59 Å². The lowest BCUT2D eigenvalue weighted by atomic mass is 9.86. The fourth-order valence-corrected chi connectivity index (χ4v) is 3.47. The van der Waals surface area contributed by atoms with Crippen LogP contribution in [0, 0.1) is 0 Å². The minimum absolute atomic E-state index is 0.154. The summed E-state index contributed by atoms with van der Waals surface area (Å²) in [7, 11) is 0. The van der Waals surface area contributed by atoms with E-state index in [-0.39, 0.29) is 13.0 Å². The molecular formula is C20H20ClNO4. The second kappa shape index (κ2) is 7.38. The molecule has 2 aromatic carbocycles. The molecule has 0 bridgehead atoms. The second-order valence-electron chi connectivity index (χ2n) is 5.99. The average molecular weight is 374 g/mol. The molecule has 1 unspecified atom stereocenters. The van der Waals surface area contributed by atoms with Gasteiger partial charge in [-0.15, -0.1) is 0 Å². The van der Waals surface area contributed by atoms with Crippen LogP contribution in [-0.2, 0) is 20.7 Å². The molecule has 6 heteroatoms. The van der Waals surface area contributed by atoms with E-state index in [9.17, 15) is 9.59 Å². The van der Waals surface area contributed by atoms with Gasteiger partial charge in [0.15, 0.2) is 5.75 Å². The van der Waals surface area contributed by atoms with Crippen molar-refractivity contribution in [3.8, 4) is 5.75 Å². The van der Waals surface area contributed by atoms with E-state index in [1.807, 2.05) is 37.3 Å². The smallest absolute Gasteiger partial charge is 0.349 e. The fourth-order valence-electron chi connectivity index (χ4n) is 3.31. The van der Waals surface area contributed by atoms with E-state index in [0.717, 1.165) is 5.56 Å². The van der Waals surface area contributed by atoms with Crippen LogP contribution in [0.3, 0.4) is 0 Å². The number of carbonyl (C=O) groups excluding carboxylic acids is 2. The highest BCUT2D eigenvalue weighted by Crippen LogP contribution is 2.42. The van der Waals surface area contributed by atoms with Crippen molar-refractivity contribution in [2.75, 3.05) is 18.1 Å². The Bertz CT molecular complexity index is 824. The van der Waals surface area contributed by atoms with Crippen molar-refractivity contribution in [3.05, 3.63) is 59.1 Å². The highest BCUT2D eigenvalue weighted by Gasteiger charge is 2.57. The number of fused-ring (bicyclic) bond motifs is 1. The number of likely N-dealkylation sites (N-methyl/N-ethyl adjacent to an activating group) is 1. The third kappa shape index (κ3) is 3.03. The zero-order chi connectivity index (χ0) is 18.7. The van der Waals surface area contributed by atoms with E-state index in [1.165, 1.54) is 0 Å². The van der Waals surface area contributed by atoms with Crippen LogP contribution in [0.5, 0.6) is 5.75 Å². The highest BCUT2D eigenvalue weighted by molar-refractivity contribution is 6.31. The monoisotopic (exact) mass is 373 g/mol. The van der Waals surface area contributed by atoms with E-state index in [0.29, 0.717) is 23.0 Å². The molecule has 1 aliphatic rings. The Kier molecular flexibility index (Phi) is 5.18. The van der Waals surface area contributed by atoms with Crippen molar-refractivity contribution in [2.45, 2.75) is 25.8 Å². The van der Waals surface area contributed by atoms with Gasteiger partial charge in [0.1, 0.15) is 0 Å². The molecule has 136 valence electrons. The SMILES string of the molecule is CCOC(=O)C1(Cc2ccccc2)C(=O)Oc2cc(Cl)ccc2N1CC. The molecule has 0 saturated heterocycles. The summed E-state index contributed by atoms with van der Waals surface area (Å²) in [5.74, 6) is -0.926. The minimum atomic E-state index is -1.58. The van der Waals surface area contributed by atoms with Crippen molar-refractivity contribution in [3.63, 3.8) is 0 Å². The van der Waals surface area contributed by atoms with Crippen LogP contribution >= 0.6 is 11.6 Å². The number of anilines is 1. The van der Waals surface area contributed by atoms with Crippen molar-refractivity contribution in [2.24, 2.45) is 0 Å². The van der Waals surface area contributed by atoms with Gasteiger partial charge in [0, 0.05) is 24.1 Å². The first-order chi connectivity index (χ1) is 12.5. The molecule has 2 aromatic rings. The summed E-state index contributed by atoms with van der Waals surface area (Å²) in [5, 5.41) is 0.458. The Morgan fingerprint density at radius 1 is 1.19 bits per heavy atom. The molecule has 0 N–H and O–H groups in total. The van der Waals surface area contributed by atoms with Gasteiger partial charge >= 0.3 is 11.9 Å². The maximum absolute atomic E-state index is 13.1. The summed E-state index contributed by atoms with van der Waals surface area (Å²) in [5.41, 5.74) is -0.0960. The number of carbonyl (C=O) groups is 2. The van der Waals surface area contributed by atoms with E-state index >= 15 is 0 Å². The first-order valence-electron chi connectivity index (χ1n) is 8.53. The minimum Gasteiger partial charge on any atom is -0.464 e. The van der Waals surface area contributed by atoms with Crippen molar-refractivity contribution in [1.29, 1.82) is 0 Å². The number of halogens is 1. The number of rotatable bonds is 5. The van der Waals surface area contributed by atoms with Crippen LogP contribution in [-0.4, -0.2) is 30.6 Å². The molecule has 0 amide bonds. The fraction of sp³-hybridized carbons (Fsp3) is 0.300. The van der Waals surface area contributed by atoms with Gasteiger partial charge in [-0.2, -0.15) is 0 Å². The molecule has 0 spiro atoms. The Hall–Kier alpha value is -2.53. The van der Waals surface area contributed by atoms with Gasteiger partial charge in [-0.05, 0) is 31.5 Å². The molecule has 1 heterocycles. The molecule has 0 saturated carbocycles. The van der Waals surface area contributed by atoms with Crippen molar-refractivity contribution >= 4 is 29.2 Å². The molecule has 0 aliphatic carbocycles. The summed E-state index contributed by atoms with van der Waals surface area (Å²) in [6.07, 6.45) is 0.154. The Morgan fingerprint density at radius 3 is 2.58 bits per heavy atom. The summed E-state index contributed by atoms with van der Waals surface area (Å²) < 4.78 is 10.8. The van der Waals surface area contributed by atoms with Crippen molar-refractivity contribution in [1.82, 2.24) is 0 Å². The largest absolute Gasteiger partial charge is 0.464 e. The number of hydrogen-bond donors (Lipinski definition) is 0. The van der Waals surface area contributed by atoms with Crippen LogP contribution in [0.1, 0.15) is 19.4 Å². The molecular weight excluding hydrogens is 354 g/mol. The number of esters is 2. The first-order valence-corrected chi connectivity index (χ1v) is 8.91. The second-order valence-corrected chi connectivity index (χ2v) is 6.43. The topological polar surface area (TPSA) is 55.8 Å². The third-order valence-electron chi connectivity index (χ3n) is 4.45. The van der Waals surface area contributed by atoms with E-state index in [4.69, 9.17) is 21.1 Å². The molecule has 0 aromatic heterocycles. The normalized spacial score (nSPS) is 18.9. The van der Waals surface area contributed by atoms with Gasteiger partial charge in [0.25, 0.3) is 0 Å². The van der Waals surface area contributed by atoms with Crippen LogP contribution in [0.15, 0.2) is 48.5 Å². The van der Waals surface area contributed by atoms with Crippen LogP contribution in [0.4, 0.5) is 5.69 Å². The van der Waals surface area contributed by atoms with Gasteiger partial charge in [-0.3, -0.25) is 0 Å². The highest BCUT2D eigenvalue weighted by atomic mass is 35.5. The maximum Gasteiger partial charge on any atom is 0.349 e. The molecule has 0 fully saturated rings. The summed E-state index contributed by atoms with van der Waals surface area (Å²) in [4.78, 5) is 27.8. The van der Waals surface area contributed by atoms with E-state index in [2.05, 4.69) is 0 Å². The molecule has 1 aliphatic heterocycles. The van der Waals surface area contributed by atoms with Gasteiger partial charge < -0.3 is 14.4 Å². The standard InChI is InChI=1S/C20H20ClNO4/c1-3-22-16-11-10-15(21)12-17(16)26-19(24)20(22,18(23)25-4-2)13-14-8-6-5-7-9-14/h5-12H,3-4,13H2,1-2H3. The number of ether oxygens (including phenoxy) is 2. The molecule has 26 heavy (non-hydrogen) atoms. The Labute approximate surface area is 157 Å². The molecule has 5 nitrogen and oxygen atoms in total.